The van der Waals surface area contributed by atoms with Crippen LogP contribution >= 0.6 is 23.2 Å². The average Bonchev–Trinajstić information content (AvgIpc) is 2.61. The molecule has 0 bridgehead atoms. The maximum absolute atomic E-state index is 13.0. The first-order valence-corrected chi connectivity index (χ1v) is 8.17. The van der Waals surface area contributed by atoms with Gasteiger partial charge in [0.1, 0.15) is 5.69 Å². The maximum Gasteiger partial charge on any atom is 0.211 e. The Hall–Kier alpha value is -2.42. The summed E-state index contributed by atoms with van der Waals surface area (Å²) >= 11 is 12.5. The molecule has 116 valence electrons. The van der Waals surface area contributed by atoms with Gasteiger partial charge in [-0.25, -0.2) is 0 Å². The molecule has 0 atom stereocenters. The first kappa shape index (κ1) is 15.1. The molecule has 0 aliphatic heterocycles. The summed E-state index contributed by atoms with van der Waals surface area (Å²) in [5.41, 5.74) is 0.994. The molecule has 0 aliphatic rings. The minimum atomic E-state index is -0.125. The molecule has 0 fully saturated rings. The van der Waals surface area contributed by atoms with E-state index in [4.69, 9.17) is 23.2 Å². The van der Waals surface area contributed by atoms with Crippen molar-refractivity contribution in [2.75, 3.05) is 0 Å². The number of benzene rings is 3. The van der Waals surface area contributed by atoms with Gasteiger partial charge in [-0.05, 0) is 46.5 Å². The molecular weight excluding hydrogens is 341 g/mol. The summed E-state index contributed by atoms with van der Waals surface area (Å²) in [6.45, 7) is 0. The zero-order chi connectivity index (χ0) is 16.7. The van der Waals surface area contributed by atoms with Gasteiger partial charge in [-0.2, -0.15) is 0 Å². The number of hydrogen-bond donors (Lipinski definition) is 0. The first-order chi connectivity index (χ1) is 11.6. The van der Waals surface area contributed by atoms with Gasteiger partial charge >= 0.3 is 0 Å². The largest absolute Gasteiger partial charge is 0.287 e. The molecule has 1 aromatic heterocycles. The average molecular weight is 352 g/mol. The van der Waals surface area contributed by atoms with Crippen LogP contribution < -0.4 is 0 Å². The lowest BCUT2D eigenvalue weighted by Crippen LogP contribution is -2.04. The second-order valence-electron chi connectivity index (χ2n) is 5.50. The fourth-order valence-electron chi connectivity index (χ4n) is 2.95. The van der Waals surface area contributed by atoms with Crippen LogP contribution in [-0.2, 0) is 0 Å². The monoisotopic (exact) mass is 351 g/mol. The third kappa shape index (κ3) is 2.44. The normalized spacial score (nSPS) is 11.1. The van der Waals surface area contributed by atoms with Crippen LogP contribution in [0.5, 0.6) is 0 Å². The van der Waals surface area contributed by atoms with E-state index in [9.17, 15) is 4.79 Å². The zero-order valence-electron chi connectivity index (χ0n) is 12.5. The Bertz CT molecular complexity index is 1090. The van der Waals surface area contributed by atoms with Crippen molar-refractivity contribution in [1.82, 2.24) is 4.98 Å². The van der Waals surface area contributed by atoms with E-state index in [1.165, 1.54) is 0 Å². The predicted molar refractivity (Wildman–Crippen MR) is 99.1 cm³/mol. The maximum atomic E-state index is 13.0. The highest BCUT2D eigenvalue weighted by Crippen LogP contribution is 2.35. The topological polar surface area (TPSA) is 30.0 Å². The lowest BCUT2D eigenvalue weighted by atomic mass is 9.94. The SMILES string of the molecule is O=C(c1ccccn1)c1cc2c(Cl)cc(Cl)cc2c2ccccc12. The number of carbonyl (C=O) groups is 1. The second-order valence-corrected chi connectivity index (χ2v) is 6.34. The first-order valence-electron chi connectivity index (χ1n) is 7.41. The molecule has 0 spiro atoms. The van der Waals surface area contributed by atoms with E-state index in [1.807, 2.05) is 36.4 Å². The number of aromatic nitrogens is 1. The van der Waals surface area contributed by atoms with Crippen molar-refractivity contribution < 1.29 is 4.79 Å². The van der Waals surface area contributed by atoms with E-state index in [2.05, 4.69) is 4.98 Å². The van der Waals surface area contributed by atoms with Crippen molar-refractivity contribution in [2.24, 2.45) is 0 Å². The smallest absolute Gasteiger partial charge is 0.211 e. The van der Waals surface area contributed by atoms with Gasteiger partial charge in [0.15, 0.2) is 0 Å². The van der Waals surface area contributed by atoms with E-state index < -0.39 is 0 Å². The molecule has 4 heteroatoms. The van der Waals surface area contributed by atoms with E-state index in [0.717, 1.165) is 21.5 Å². The lowest BCUT2D eigenvalue weighted by molar-refractivity contribution is 0.103. The van der Waals surface area contributed by atoms with Gasteiger partial charge in [-0.1, -0.05) is 53.5 Å². The van der Waals surface area contributed by atoms with Gasteiger partial charge in [0.25, 0.3) is 0 Å². The van der Waals surface area contributed by atoms with Crippen LogP contribution in [0.2, 0.25) is 10.0 Å². The minimum Gasteiger partial charge on any atom is -0.287 e. The van der Waals surface area contributed by atoms with Crippen molar-refractivity contribution >= 4 is 50.5 Å². The van der Waals surface area contributed by atoms with Gasteiger partial charge in [0.2, 0.25) is 5.78 Å². The van der Waals surface area contributed by atoms with Gasteiger partial charge in [0, 0.05) is 27.2 Å². The summed E-state index contributed by atoms with van der Waals surface area (Å²) < 4.78 is 0. The van der Waals surface area contributed by atoms with Gasteiger partial charge in [0.05, 0.1) is 0 Å². The number of rotatable bonds is 2. The summed E-state index contributed by atoms with van der Waals surface area (Å²) in [7, 11) is 0. The molecule has 1 heterocycles. The number of pyridine rings is 1. The molecule has 0 saturated carbocycles. The number of carbonyl (C=O) groups excluding carboxylic acids is 1. The number of hydrogen-bond acceptors (Lipinski definition) is 2. The molecule has 0 aliphatic carbocycles. The summed E-state index contributed by atoms with van der Waals surface area (Å²) in [6.07, 6.45) is 1.61. The Kier molecular flexibility index (Phi) is 3.72. The van der Waals surface area contributed by atoms with Crippen LogP contribution in [0.1, 0.15) is 16.1 Å². The van der Waals surface area contributed by atoms with E-state index in [1.54, 1.807) is 30.5 Å². The van der Waals surface area contributed by atoms with E-state index in [-0.39, 0.29) is 5.78 Å². The molecule has 0 radical (unpaired) electrons. The van der Waals surface area contributed by atoms with E-state index >= 15 is 0 Å². The van der Waals surface area contributed by atoms with Crippen molar-refractivity contribution in [1.29, 1.82) is 0 Å². The van der Waals surface area contributed by atoms with Crippen LogP contribution in [-0.4, -0.2) is 10.8 Å². The molecular formula is C20H11Cl2NO. The fourth-order valence-corrected chi connectivity index (χ4v) is 3.50. The van der Waals surface area contributed by atoms with Crippen molar-refractivity contribution in [2.45, 2.75) is 0 Å². The quantitative estimate of drug-likeness (QED) is 0.331. The highest BCUT2D eigenvalue weighted by Gasteiger charge is 2.17. The predicted octanol–water partition coefficient (Wildman–Crippen LogP) is 5.93. The zero-order valence-corrected chi connectivity index (χ0v) is 14.0. The Morgan fingerprint density at radius 2 is 1.54 bits per heavy atom. The van der Waals surface area contributed by atoms with Crippen LogP contribution in [0.3, 0.4) is 0 Å². The molecule has 3 aromatic carbocycles. The summed E-state index contributed by atoms with van der Waals surface area (Å²) in [4.78, 5) is 17.1. The summed E-state index contributed by atoms with van der Waals surface area (Å²) in [6, 6.07) is 18.4. The van der Waals surface area contributed by atoms with Crippen LogP contribution in [0.25, 0.3) is 21.5 Å². The second kappa shape index (κ2) is 5.90. The van der Waals surface area contributed by atoms with Gasteiger partial charge in [-0.3, -0.25) is 9.78 Å². The van der Waals surface area contributed by atoms with Gasteiger partial charge < -0.3 is 0 Å². The van der Waals surface area contributed by atoms with Gasteiger partial charge in [-0.15, -0.1) is 0 Å². The lowest BCUT2D eigenvalue weighted by Gasteiger charge is -2.11. The van der Waals surface area contributed by atoms with Crippen LogP contribution in [0, 0.1) is 0 Å². The Balaban J connectivity index is 2.10. The van der Waals surface area contributed by atoms with Crippen molar-refractivity contribution in [3.05, 3.63) is 88.2 Å². The molecule has 2 nitrogen and oxygen atoms in total. The molecule has 4 rings (SSSR count). The highest BCUT2D eigenvalue weighted by molar-refractivity contribution is 6.40. The van der Waals surface area contributed by atoms with Crippen molar-refractivity contribution in [3.63, 3.8) is 0 Å². The van der Waals surface area contributed by atoms with Crippen LogP contribution in [0.4, 0.5) is 0 Å². The molecule has 0 saturated heterocycles. The standard InChI is InChI=1S/C20H11Cl2NO/c21-12-9-15-13-5-1-2-6-14(13)17(11-16(15)18(22)10-12)20(24)19-7-3-4-8-23-19/h1-11H. The molecule has 4 aromatic rings. The van der Waals surface area contributed by atoms with Crippen molar-refractivity contribution in [3.8, 4) is 0 Å². The highest BCUT2D eigenvalue weighted by atomic mass is 35.5. The summed E-state index contributed by atoms with van der Waals surface area (Å²) in [5, 5.41) is 4.64. The molecule has 0 unspecified atom stereocenters. The van der Waals surface area contributed by atoms with Crippen LogP contribution in [0.15, 0.2) is 66.9 Å². The number of nitrogens with zero attached hydrogens (tertiary/aromatic N) is 1. The number of ketones is 1. The number of fused-ring (bicyclic) bond motifs is 3. The Morgan fingerprint density at radius 1 is 0.792 bits per heavy atom. The molecule has 0 amide bonds. The molecule has 24 heavy (non-hydrogen) atoms. The Labute approximate surface area is 148 Å². The fraction of sp³-hybridized carbons (Fsp3) is 0. The molecule has 0 N–H and O–H groups in total. The summed E-state index contributed by atoms with van der Waals surface area (Å²) in [5.74, 6) is -0.125. The third-order valence-electron chi connectivity index (χ3n) is 4.03. The minimum absolute atomic E-state index is 0.125. The van der Waals surface area contributed by atoms with E-state index in [0.29, 0.717) is 21.3 Å². The third-order valence-corrected chi connectivity index (χ3v) is 4.56. The Morgan fingerprint density at radius 3 is 2.29 bits per heavy atom. The number of halogens is 2.